The van der Waals surface area contributed by atoms with Crippen molar-refractivity contribution in [2.45, 2.75) is 23.8 Å². The van der Waals surface area contributed by atoms with E-state index in [-0.39, 0.29) is 28.7 Å². The average molecular weight is 440 g/mol. The summed E-state index contributed by atoms with van der Waals surface area (Å²) in [5, 5.41) is 5.32. The topological polar surface area (TPSA) is 137 Å². The molecule has 1 heterocycles. The Balaban J connectivity index is 1.39. The van der Waals surface area contributed by atoms with Crippen LogP contribution < -0.4 is 20.8 Å². The molecular weight excluding hydrogens is 420 g/mol. The van der Waals surface area contributed by atoms with Crippen LogP contribution in [0.4, 0.5) is 5.69 Å². The smallest absolute Gasteiger partial charge is 0.257 e. The summed E-state index contributed by atoms with van der Waals surface area (Å²) in [6.07, 6.45) is 2.93. The maximum Gasteiger partial charge on any atom is 0.257 e. The number of carbonyl (C=O) groups is 2. The van der Waals surface area contributed by atoms with Crippen molar-refractivity contribution in [2.24, 2.45) is 0 Å². The molecule has 1 aromatic heterocycles. The largest absolute Gasteiger partial charge is 0.360 e. The van der Waals surface area contributed by atoms with Crippen LogP contribution in [0.1, 0.15) is 23.2 Å². The number of hydrogen-bond acceptors (Lipinski definition) is 5. The lowest BCUT2D eigenvalue weighted by Crippen LogP contribution is -2.35. The summed E-state index contributed by atoms with van der Waals surface area (Å²) < 4.78 is 27.2. The van der Waals surface area contributed by atoms with Gasteiger partial charge in [-0.2, -0.15) is 0 Å². The molecule has 160 valence electrons. The summed E-state index contributed by atoms with van der Waals surface area (Å²) in [6.45, 7) is -0.387. The maximum absolute atomic E-state index is 12.5. The minimum absolute atomic E-state index is 0.0308. The fourth-order valence-corrected chi connectivity index (χ4v) is 4.38. The molecule has 2 aromatic carbocycles. The first-order chi connectivity index (χ1) is 14.8. The fraction of sp³-hybridized carbons (Fsp3) is 0.190. The number of amides is 2. The molecule has 0 radical (unpaired) electrons. The Morgan fingerprint density at radius 1 is 1.06 bits per heavy atom. The average Bonchev–Trinajstić information content (AvgIpc) is 3.56. The Labute approximate surface area is 177 Å². The first-order valence-electron chi connectivity index (χ1n) is 9.64. The highest BCUT2D eigenvalue weighted by atomic mass is 32.2. The van der Waals surface area contributed by atoms with Crippen LogP contribution >= 0.6 is 0 Å². The van der Waals surface area contributed by atoms with Gasteiger partial charge in [0, 0.05) is 28.8 Å². The van der Waals surface area contributed by atoms with E-state index in [1.165, 1.54) is 24.4 Å². The van der Waals surface area contributed by atoms with E-state index in [1.54, 1.807) is 30.3 Å². The third kappa shape index (κ3) is 4.81. The van der Waals surface area contributed by atoms with Crippen LogP contribution in [0.3, 0.4) is 0 Å². The van der Waals surface area contributed by atoms with Crippen LogP contribution in [0, 0.1) is 0 Å². The standard InChI is InChI=1S/C21H20N4O5S/c26-19(24-14-4-3-5-15(10-14)31(29,30)25-13-8-9-13)12-23-21(28)17-11-22-18-7-2-1-6-16(18)20(17)27/h1-7,10-11,13,25H,8-9,12H2,(H,22,27)(H,23,28)(H,24,26). The van der Waals surface area contributed by atoms with Crippen LogP contribution in [-0.2, 0) is 14.8 Å². The van der Waals surface area contributed by atoms with Crippen molar-refractivity contribution in [3.05, 3.63) is 70.5 Å². The van der Waals surface area contributed by atoms with E-state index in [0.29, 0.717) is 10.9 Å². The van der Waals surface area contributed by atoms with E-state index in [0.717, 1.165) is 12.8 Å². The lowest BCUT2D eigenvalue weighted by molar-refractivity contribution is -0.115. The molecule has 0 spiro atoms. The zero-order valence-electron chi connectivity index (χ0n) is 16.3. The number of hydrogen-bond donors (Lipinski definition) is 4. The molecule has 3 aromatic rings. The number of anilines is 1. The molecule has 0 saturated heterocycles. The van der Waals surface area contributed by atoms with Gasteiger partial charge in [-0.1, -0.05) is 18.2 Å². The van der Waals surface area contributed by atoms with Gasteiger partial charge >= 0.3 is 0 Å². The summed E-state index contributed by atoms with van der Waals surface area (Å²) in [6, 6.07) is 12.6. The van der Waals surface area contributed by atoms with E-state index >= 15 is 0 Å². The molecule has 31 heavy (non-hydrogen) atoms. The highest BCUT2D eigenvalue weighted by Crippen LogP contribution is 2.23. The number of sulfonamides is 1. The molecule has 9 nitrogen and oxygen atoms in total. The predicted octanol–water partition coefficient (Wildman–Crippen LogP) is 1.34. The van der Waals surface area contributed by atoms with Gasteiger partial charge in [0.05, 0.1) is 11.4 Å². The van der Waals surface area contributed by atoms with Crippen LogP contribution in [0.2, 0.25) is 0 Å². The quantitative estimate of drug-likeness (QED) is 0.439. The lowest BCUT2D eigenvalue weighted by atomic mass is 10.1. The lowest BCUT2D eigenvalue weighted by Gasteiger charge is -2.10. The number of H-pyrrole nitrogens is 1. The zero-order chi connectivity index (χ0) is 22.0. The fourth-order valence-electron chi connectivity index (χ4n) is 3.03. The molecule has 1 aliphatic rings. The Bertz CT molecular complexity index is 1330. The van der Waals surface area contributed by atoms with Gasteiger partial charge < -0.3 is 15.6 Å². The van der Waals surface area contributed by atoms with E-state index in [1.807, 2.05) is 0 Å². The number of pyridine rings is 1. The van der Waals surface area contributed by atoms with Crippen LogP contribution in [0.5, 0.6) is 0 Å². The second kappa shape index (κ2) is 8.32. The van der Waals surface area contributed by atoms with Crippen molar-refractivity contribution in [2.75, 3.05) is 11.9 Å². The molecule has 0 unspecified atom stereocenters. The van der Waals surface area contributed by atoms with Crippen molar-refractivity contribution < 1.29 is 18.0 Å². The predicted molar refractivity (Wildman–Crippen MR) is 115 cm³/mol. The normalized spacial score (nSPS) is 13.7. The number of fused-ring (bicyclic) bond motifs is 1. The SMILES string of the molecule is O=C(CNC(=O)c1c[nH]c2ccccc2c1=O)Nc1cccc(S(=O)(=O)NC2CC2)c1. The number of aromatic amines is 1. The van der Waals surface area contributed by atoms with Crippen molar-refractivity contribution in [1.29, 1.82) is 0 Å². The molecule has 0 atom stereocenters. The van der Waals surface area contributed by atoms with Gasteiger partial charge in [0.15, 0.2) is 0 Å². The van der Waals surface area contributed by atoms with Gasteiger partial charge in [0.2, 0.25) is 21.4 Å². The third-order valence-electron chi connectivity index (χ3n) is 4.77. The minimum atomic E-state index is -3.65. The molecule has 2 amide bonds. The molecule has 10 heteroatoms. The highest BCUT2D eigenvalue weighted by Gasteiger charge is 2.28. The van der Waals surface area contributed by atoms with Gasteiger partial charge in [-0.3, -0.25) is 14.4 Å². The van der Waals surface area contributed by atoms with Crippen LogP contribution in [0.15, 0.2) is 64.4 Å². The van der Waals surface area contributed by atoms with E-state index < -0.39 is 27.3 Å². The second-order valence-corrected chi connectivity index (χ2v) is 8.95. The summed E-state index contributed by atoms with van der Waals surface area (Å²) in [4.78, 5) is 40.0. The number of carbonyl (C=O) groups excluding carboxylic acids is 2. The third-order valence-corrected chi connectivity index (χ3v) is 6.29. The van der Waals surface area contributed by atoms with Crippen LogP contribution in [0.25, 0.3) is 10.9 Å². The monoisotopic (exact) mass is 440 g/mol. The van der Waals surface area contributed by atoms with E-state index in [2.05, 4.69) is 20.3 Å². The highest BCUT2D eigenvalue weighted by molar-refractivity contribution is 7.89. The number of rotatable bonds is 7. The number of para-hydroxylation sites is 1. The van der Waals surface area contributed by atoms with E-state index in [9.17, 15) is 22.8 Å². The van der Waals surface area contributed by atoms with Crippen molar-refractivity contribution in [3.8, 4) is 0 Å². The maximum atomic E-state index is 12.5. The molecular formula is C21H20N4O5S. The van der Waals surface area contributed by atoms with E-state index in [4.69, 9.17) is 0 Å². The van der Waals surface area contributed by atoms with Crippen molar-refractivity contribution in [1.82, 2.24) is 15.0 Å². The number of nitrogens with one attached hydrogen (secondary N) is 4. The van der Waals surface area contributed by atoms with Gasteiger partial charge in [-0.25, -0.2) is 13.1 Å². The Morgan fingerprint density at radius 3 is 2.61 bits per heavy atom. The van der Waals surface area contributed by atoms with Crippen molar-refractivity contribution >= 4 is 38.4 Å². The Kier molecular flexibility index (Phi) is 5.57. The summed E-state index contributed by atoms with van der Waals surface area (Å²) in [5.74, 6) is -1.25. The minimum Gasteiger partial charge on any atom is -0.360 e. The Hall–Kier alpha value is -3.50. The van der Waals surface area contributed by atoms with Crippen LogP contribution in [-0.4, -0.2) is 37.8 Å². The zero-order valence-corrected chi connectivity index (χ0v) is 17.2. The van der Waals surface area contributed by atoms with Crippen molar-refractivity contribution in [3.63, 3.8) is 0 Å². The number of aromatic nitrogens is 1. The van der Waals surface area contributed by atoms with Gasteiger partial charge in [0.1, 0.15) is 5.56 Å². The summed E-state index contributed by atoms with van der Waals surface area (Å²) in [5.41, 5.74) is 0.341. The molecule has 1 fully saturated rings. The molecule has 0 bridgehead atoms. The second-order valence-electron chi connectivity index (χ2n) is 7.23. The first kappa shape index (κ1) is 20.8. The summed E-state index contributed by atoms with van der Waals surface area (Å²) in [7, 11) is -3.65. The number of benzene rings is 2. The van der Waals surface area contributed by atoms with Gasteiger partial charge in [-0.05, 0) is 43.2 Å². The molecule has 1 saturated carbocycles. The molecule has 1 aliphatic carbocycles. The molecule has 4 N–H and O–H groups in total. The molecule has 0 aliphatic heterocycles. The summed E-state index contributed by atoms with van der Waals surface area (Å²) >= 11 is 0. The Morgan fingerprint density at radius 2 is 1.84 bits per heavy atom. The molecule has 4 rings (SSSR count). The van der Waals surface area contributed by atoms with Gasteiger partial charge in [0.25, 0.3) is 5.91 Å². The first-order valence-corrected chi connectivity index (χ1v) is 11.1. The van der Waals surface area contributed by atoms with Gasteiger partial charge in [-0.15, -0.1) is 0 Å².